The second-order valence-corrected chi connectivity index (χ2v) is 5.67. The first-order chi connectivity index (χ1) is 11.5. The van der Waals surface area contributed by atoms with Crippen LogP contribution in [-0.2, 0) is 13.0 Å². The van der Waals surface area contributed by atoms with Crippen molar-refractivity contribution in [1.29, 1.82) is 0 Å². The molecule has 2 heterocycles. The summed E-state index contributed by atoms with van der Waals surface area (Å²) in [6.45, 7) is 0.649. The minimum atomic E-state index is -1.13. The SMILES string of the molecule is O=c1[nH]c2cc(F)c(F)cc2c(=O)n1Cc1ccc2c(c1)CCO2. The van der Waals surface area contributed by atoms with Crippen LogP contribution in [0.15, 0.2) is 39.9 Å². The zero-order valence-electron chi connectivity index (χ0n) is 12.4. The van der Waals surface area contributed by atoms with Crippen molar-refractivity contribution in [3.05, 3.63) is 73.9 Å². The molecule has 1 aliphatic heterocycles. The minimum Gasteiger partial charge on any atom is -0.493 e. The van der Waals surface area contributed by atoms with Gasteiger partial charge in [-0.25, -0.2) is 13.6 Å². The number of ether oxygens (including phenoxy) is 1. The quantitative estimate of drug-likeness (QED) is 0.781. The Morgan fingerprint density at radius 2 is 1.92 bits per heavy atom. The molecule has 0 aliphatic carbocycles. The molecule has 7 heteroatoms. The van der Waals surface area contributed by atoms with Crippen LogP contribution in [0.1, 0.15) is 11.1 Å². The number of hydrogen-bond acceptors (Lipinski definition) is 3. The number of hydrogen-bond donors (Lipinski definition) is 1. The van der Waals surface area contributed by atoms with E-state index in [2.05, 4.69) is 4.98 Å². The van der Waals surface area contributed by atoms with E-state index in [1.807, 2.05) is 6.07 Å². The van der Waals surface area contributed by atoms with Gasteiger partial charge in [0.05, 0.1) is 24.1 Å². The second-order valence-electron chi connectivity index (χ2n) is 5.67. The third-order valence-corrected chi connectivity index (χ3v) is 4.12. The van der Waals surface area contributed by atoms with Gasteiger partial charge in [0.1, 0.15) is 5.75 Å². The molecule has 1 aliphatic rings. The molecule has 0 radical (unpaired) electrons. The van der Waals surface area contributed by atoms with E-state index in [9.17, 15) is 18.4 Å². The molecule has 4 rings (SSSR count). The Kier molecular flexibility index (Phi) is 3.23. The smallest absolute Gasteiger partial charge is 0.329 e. The van der Waals surface area contributed by atoms with Crippen molar-refractivity contribution in [3.8, 4) is 5.75 Å². The first kappa shape index (κ1) is 14.6. The topological polar surface area (TPSA) is 64.1 Å². The number of nitrogens with one attached hydrogen (secondary N) is 1. The maximum Gasteiger partial charge on any atom is 0.329 e. The predicted molar refractivity (Wildman–Crippen MR) is 83.5 cm³/mol. The Morgan fingerprint density at radius 1 is 1.12 bits per heavy atom. The molecule has 0 amide bonds. The standard InChI is InChI=1S/C17H12F2N2O3/c18-12-6-11-14(7-13(12)19)20-17(23)21(16(11)22)8-9-1-2-15-10(5-9)3-4-24-15/h1-2,5-7H,3-4,8H2,(H,20,23). The maximum atomic E-state index is 13.4. The van der Waals surface area contributed by atoms with Crippen LogP contribution in [-0.4, -0.2) is 16.2 Å². The van der Waals surface area contributed by atoms with Crippen LogP contribution in [0.4, 0.5) is 8.78 Å². The van der Waals surface area contributed by atoms with E-state index in [0.717, 1.165) is 40.0 Å². The lowest BCUT2D eigenvalue weighted by Crippen LogP contribution is -2.35. The number of fused-ring (bicyclic) bond motifs is 2. The van der Waals surface area contributed by atoms with E-state index >= 15 is 0 Å². The number of halogens is 2. The first-order valence-corrected chi connectivity index (χ1v) is 7.39. The van der Waals surface area contributed by atoms with E-state index in [0.29, 0.717) is 6.61 Å². The molecule has 0 spiro atoms. The van der Waals surface area contributed by atoms with Crippen molar-refractivity contribution in [2.75, 3.05) is 6.61 Å². The first-order valence-electron chi connectivity index (χ1n) is 7.39. The number of aromatic nitrogens is 2. The highest BCUT2D eigenvalue weighted by Gasteiger charge is 2.15. The van der Waals surface area contributed by atoms with Crippen molar-refractivity contribution < 1.29 is 13.5 Å². The van der Waals surface area contributed by atoms with Gasteiger partial charge >= 0.3 is 5.69 Å². The van der Waals surface area contributed by atoms with Crippen LogP contribution in [0.25, 0.3) is 10.9 Å². The summed E-state index contributed by atoms with van der Waals surface area (Å²) in [7, 11) is 0. The van der Waals surface area contributed by atoms with Crippen LogP contribution >= 0.6 is 0 Å². The molecule has 0 saturated carbocycles. The molecular weight excluding hydrogens is 318 g/mol. The average molecular weight is 330 g/mol. The van der Waals surface area contributed by atoms with Gasteiger partial charge < -0.3 is 9.72 Å². The summed E-state index contributed by atoms with van der Waals surface area (Å²) in [6.07, 6.45) is 0.774. The van der Waals surface area contributed by atoms with Crippen molar-refractivity contribution in [1.82, 2.24) is 9.55 Å². The van der Waals surface area contributed by atoms with E-state index in [4.69, 9.17) is 4.74 Å². The third-order valence-electron chi connectivity index (χ3n) is 4.12. The normalized spacial score (nSPS) is 13.1. The van der Waals surface area contributed by atoms with E-state index in [1.54, 1.807) is 12.1 Å². The minimum absolute atomic E-state index is 0.0255. The molecule has 0 unspecified atom stereocenters. The van der Waals surface area contributed by atoms with Gasteiger partial charge in [-0.2, -0.15) is 0 Å². The third kappa shape index (κ3) is 2.29. The molecule has 0 saturated heterocycles. The van der Waals surface area contributed by atoms with E-state index in [1.165, 1.54) is 0 Å². The maximum absolute atomic E-state index is 13.4. The Hall–Kier alpha value is -2.96. The molecule has 24 heavy (non-hydrogen) atoms. The van der Waals surface area contributed by atoms with Crippen LogP contribution in [0.5, 0.6) is 5.75 Å². The lowest BCUT2D eigenvalue weighted by atomic mass is 10.1. The molecule has 1 N–H and O–H groups in total. The molecule has 0 fully saturated rings. The zero-order valence-corrected chi connectivity index (χ0v) is 12.4. The van der Waals surface area contributed by atoms with E-state index < -0.39 is 22.9 Å². The Morgan fingerprint density at radius 3 is 2.75 bits per heavy atom. The highest BCUT2D eigenvalue weighted by molar-refractivity contribution is 5.77. The number of aromatic amines is 1. The van der Waals surface area contributed by atoms with Crippen molar-refractivity contribution in [2.24, 2.45) is 0 Å². The van der Waals surface area contributed by atoms with Crippen LogP contribution < -0.4 is 16.0 Å². The summed E-state index contributed by atoms with van der Waals surface area (Å²) >= 11 is 0. The second kappa shape index (κ2) is 5.30. The molecule has 0 atom stereocenters. The lowest BCUT2D eigenvalue weighted by Gasteiger charge is -2.08. The molecule has 122 valence electrons. The predicted octanol–water partition coefficient (Wildman–Crippen LogP) is 1.95. The molecular formula is C17H12F2N2O3. The summed E-state index contributed by atoms with van der Waals surface area (Å²) in [5.74, 6) is -1.45. The number of H-pyrrole nitrogens is 1. The lowest BCUT2D eigenvalue weighted by molar-refractivity contribution is 0.357. The largest absolute Gasteiger partial charge is 0.493 e. The van der Waals surface area contributed by atoms with Gasteiger partial charge in [0, 0.05) is 12.5 Å². The van der Waals surface area contributed by atoms with Crippen LogP contribution in [0.2, 0.25) is 0 Å². The average Bonchev–Trinajstić information content (AvgIpc) is 3.01. The summed E-state index contributed by atoms with van der Waals surface area (Å²) in [5.41, 5.74) is 0.418. The fourth-order valence-electron chi connectivity index (χ4n) is 2.91. The molecule has 1 aromatic heterocycles. The highest BCUT2D eigenvalue weighted by atomic mass is 19.2. The van der Waals surface area contributed by atoms with Gasteiger partial charge in [0.25, 0.3) is 5.56 Å². The van der Waals surface area contributed by atoms with Crippen LogP contribution in [0, 0.1) is 11.6 Å². The Labute approximate surface area is 134 Å². The molecule has 0 bridgehead atoms. The van der Waals surface area contributed by atoms with Crippen LogP contribution in [0.3, 0.4) is 0 Å². The van der Waals surface area contributed by atoms with E-state index in [-0.39, 0.29) is 17.4 Å². The van der Waals surface area contributed by atoms with Crippen molar-refractivity contribution >= 4 is 10.9 Å². The van der Waals surface area contributed by atoms with Crippen molar-refractivity contribution in [3.63, 3.8) is 0 Å². The zero-order chi connectivity index (χ0) is 16.8. The summed E-state index contributed by atoms with van der Waals surface area (Å²) < 4.78 is 33.1. The van der Waals surface area contributed by atoms with Gasteiger partial charge in [-0.1, -0.05) is 12.1 Å². The number of rotatable bonds is 2. The van der Waals surface area contributed by atoms with Crippen molar-refractivity contribution in [2.45, 2.75) is 13.0 Å². The van der Waals surface area contributed by atoms with Gasteiger partial charge in [0.15, 0.2) is 11.6 Å². The summed E-state index contributed by atoms with van der Waals surface area (Å²) in [6, 6.07) is 7.06. The summed E-state index contributed by atoms with van der Waals surface area (Å²) in [5, 5.41) is -0.0713. The highest BCUT2D eigenvalue weighted by Crippen LogP contribution is 2.26. The summed E-state index contributed by atoms with van der Waals surface area (Å²) in [4.78, 5) is 27.1. The fourth-order valence-corrected chi connectivity index (χ4v) is 2.91. The van der Waals surface area contributed by atoms with Gasteiger partial charge in [0.2, 0.25) is 0 Å². The Bertz CT molecular complexity index is 1090. The fraction of sp³-hybridized carbons (Fsp3) is 0.176. The van der Waals surface area contributed by atoms with Gasteiger partial charge in [-0.3, -0.25) is 9.36 Å². The Balaban J connectivity index is 1.83. The van der Waals surface area contributed by atoms with Gasteiger partial charge in [-0.05, 0) is 23.3 Å². The number of nitrogens with zero attached hydrogens (tertiary/aromatic N) is 1. The monoisotopic (exact) mass is 330 g/mol. The van der Waals surface area contributed by atoms with Gasteiger partial charge in [-0.15, -0.1) is 0 Å². The molecule has 5 nitrogen and oxygen atoms in total. The molecule has 2 aromatic carbocycles. The number of benzene rings is 2. The molecule has 3 aromatic rings.